The molecule has 0 radical (unpaired) electrons. The van der Waals surface area contributed by atoms with E-state index in [1.165, 1.54) is 14.2 Å². The summed E-state index contributed by atoms with van der Waals surface area (Å²) < 4.78 is 22.3. The minimum Gasteiger partial charge on any atom is -0.484 e. The molecule has 0 saturated heterocycles. The fourth-order valence-electron chi connectivity index (χ4n) is 6.88. The second kappa shape index (κ2) is 22.5. The van der Waals surface area contributed by atoms with Gasteiger partial charge in [0.1, 0.15) is 11.8 Å². The number of methoxy groups -OCH3 is 2. The van der Waals surface area contributed by atoms with Crippen LogP contribution in [-0.2, 0) is 28.5 Å². The van der Waals surface area contributed by atoms with Crippen molar-refractivity contribution in [3.05, 3.63) is 20.2 Å². The van der Waals surface area contributed by atoms with Crippen molar-refractivity contribution < 1.29 is 47.3 Å². The molecule has 0 spiro atoms. The first-order valence-corrected chi connectivity index (χ1v) is 20.6. The number of rotatable bonds is 23. The normalized spacial score (nSPS) is 23.7. The molecule has 52 heavy (non-hydrogen) atoms. The van der Waals surface area contributed by atoms with E-state index in [2.05, 4.69) is 28.2 Å². The summed E-state index contributed by atoms with van der Waals surface area (Å²) in [6.07, 6.45) is 6.24. The van der Waals surface area contributed by atoms with Crippen LogP contribution in [0.15, 0.2) is 0 Å². The van der Waals surface area contributed by atoms with Gasteiger partial charge in [-0.3, -0.25) is 40.6 Å². The van der Waals surface area contributed by atoms with Crippen molar-refractivity contribution in [2.24, 2.45) is 11.8 Å². The van der Waals surface area contributed by atoms with Gasteiger partial charge in [-0.25, -0.2) is 0 Å². The Morgan fingerprint density at radius 3 is 1.33 bits per heavy atom. The molecule has 2 rings (SSSR count). The molecule has 0 aromatic carbocycles. The zero-order valence-electron chi connectivity index (χ0n) is 31.9. The quantitative estimate of drug-likeness (QED) is 0.0209. The highest BCUT2D eigenvalue weighted by Crippen LogP contribution is 2.45. The van der Waals surface area contributed by atoms with Crippen LogP contribution >= 0.6 is 21.6 Å². The molecule has 0 heterocycles. The summed E-state index contributed by atoms with van der Waals surface area (Å²) >= 11 is 0. The summed E-state index contributed by atoms with van der Waals surface area (Å²) in [5.41, 5.74) is 0. The summed E-state index contributed by atoms with van der Waals surface area (Å²) in [5.74, 6) is -2.28. The highest BCUT2D eigenvalue weighted by atomic mass is 33.1. The zero-order chi connectivity index (χ0) is 38.9. The van der Waals surface area contributed by atoms with E-state index in [-0.39, 0.29) is 58.2 Å². The molecule has 2 aliphatic rings. The molecule has 6 unspecified atom stereocenters. The molecule has 298 valence electrons. The molecular formula is C34H62N6O10S2+2. The van der Waals surface area contributed by atoms with E-state index >= 15 is 0 Å². The third-order valence-electron chi connectivity index (χ3n) is 10.1. The molecule has 0 aliphatic heterocycles. The molecule has 0 bridgehead atoms. The summed E-state index contributed by atoms with van der Waals surface area (Å²) in [7, 11) is 14.4. The molecule has 2 fully saturated rings. The van der Waals surface area contributed by atoms with E-state index in [9.17, 15) is 29.8 Å². The van der Waals surface area contributed by atoms with Gasteiger partial charge in [0.15, 0.2) is 11.8 Å². The van der Waals surface area contributed by atoms with Gasteiger partial charge in [-0.15, -0.1) is 0 Å². The van der Waals surface area contributed by atoms with Gasteiger partial charge in [0.2, 0.25) is 12.1 Å². The molecule has 2 saturated carbocycles. The maximum Gasteiger partial charge on any atom is 0.315 e. The second-order valence-corrected chi connectivity index (χ2v) is 18.1. The number of nitro groups is 2. The van der Waals surface area contributed by atoms with Crippen LogP contribution in [0.25, 0.3) is 0 Å². The van der Waals surface area contributed by atoms with Crippen molar-refractivity contribution >= 4 is 45.3 Å². The lowest BCUT2D eigenvalue weighted by molar-refractivity contribution is -0.890. The van der Waals surface area contributed by atoms with Crippen LogP contribution in [0.1, 0.15) is 77.0 Å². The number of esters is 2. The molecule has 2 N–H and O–H groups in total. The van der Waals surface area contributed by atoms with Crippen molar-refractivity contribution in [2.45, 2.75) is 99.6 Å². The van der Waals surface area contributed by atoms with Crippen LogP contribution in [0.2, 0.25) is 0 Å². The Balaban J connectivity index is 1.84. The first-order chi connectivity index (χ1) is 24.5. The largest absolute Gasteiger partial charge is 0.484 e. The first-order valence-electron chi connectivity index (χ1n) is 18.3. The zero-order valence-corrected chi connectivity index (χ0v) is 33.5. The molecule has 0 aromatic rings. The third-order valence-corrected chi connectivity index (χ3v) is 13.6. The van der Waals surface area contributed by atoms with Crippen molar-refractivity contribution in [1.29, 1.82) is 10.8 Å². The van der Waals surface area contributed by atoms with E-state index < -0.39 is 35.9 Å². The molecule has 0 aromatic heterocycles. The first kappa shape index (κ1) is 45.5. The lowest BCUT2D eigenvalue weighted by Crippen LogP contribution is -2.43. The lowest BCUT2D eigenvalue weighted by Gasteiger charge is -2.33. The number of nitrogens with one attached hydrogen (secondary N) is 2. The topological polar surface area (TPSA) is 205 Å². The SMILES string of the molecule is COC(=N)CCC[N+](C)(C)CCCOC(=O)C1CC(SSC2CCC([N+](=O)[O-])C(C(=O)OCCC[N+](C)(C)CCCC(=N)OC)C2)CCC1[N+](=O)[O-]. The molecular weight excluding hydrogens is 717 g/mol. The fraction of sp³-hybridized carbons (Fsp3) is 0.882. The van der Waals surface area contributed by atoms with Crippen LogP contribution in [0.5, 0.6) is 0 Å². The number of ether oxygens (including phenoxy) is 4. The molecule has 2 aliphatic carbocycles. The smallest absolute Gasteiger partial charge is 0.315 e. The maximum absolute atomic E-state index is 13.1. The standard InChI is InChI=1S/C34H62N6O10S2/c1-39(2,17-7-11-31(35)47-5)19-9-21-49-33(41)27-23-25(13-15-29(27)37(43)44)51-52-26-14-16-30(38(45)46)28(24-26)34(42)50-22-10-20-40(3,4)18-8-12-32(36)48-6/h25-30,35-36H,7-24H2,1-6H3/q+2. The van der Waals surface area contributed by atoms with E-state index in [1.54, 1.807) is 21.6 Å². The van der Waals surface area contributed by atoms with Crippen molar-refractivity contribution in [3.63, 3.8) is 0 Å². The van der Waals surface area contributed by atoms with Crippen LogP contribution < -0.4 is 0 Å². The predicted octanol–water partition coefficient (Wildman–Crippen LogP) is 4.82. The van der Waals surface area contributed by atoms with Gasteiger partial charge in [0, 0.05) is 71.7 Å². The second-order valence-electron chi connectivity index (χ2n) is 15.3. The van der Waals surface area contributed by atoms with Gasteiger partial charge in [-0.1, -0.05) is 21.6 Å². The van der Waals surface area contributed by atoms with Crippen LogP contribution in [0, 0.1) is 42.9 Å². The Hall–Kier alpha value is -2.70. The molecule has 16 nitrogen and oxygen atoms in total. The van der Waals surface area contributed by atoms with Gasteiger partial charge in [0.25, 0.3) is 0 Å². The van der Waals surface area contributed by atoms with Crippen LogP contribution in [-0.4, -0.2) is 147 Å². The summed E-state index contributed by atoms with van der Waals surface area (Å²) in [5, 5.41) is 38.9. The number of nitrogens with zero attached hydrogens (tertiary/aromatic N) is 4. The van der Waals surface area contributed by atoms with Crippen molar-refractivity contribution in [2.75, 3.05) is 81.8 Å². The average molecular weight is 779 g/mol. The molecule has 6 atom stereocenters. The number of carbonyl (C=O) groups excluding carboxylic acids is 2. The summed E-state index contributed by atoms with van der Waals surface area (Å²) in [6.45, 7) is 3.52. The van der Waals surface area contributed by atoms with E-state index in [4.69, 9.17) is 29.8 Å². The highest BCUT2D eigenvalue weighted by Gasteiger charge is 2.46. The minimum atomic E-state index is -0.998. The number of hydrogen-bond acceptors (Lipinski definition) is 14. The van der Waals surface area contributed by atoms with Gasteiger partial charge < -0.3 is 27.9 Å². The predicted molar refractivity (Wildman–Crippen MR) is 202 cm³/mol. The minimum absolute atomic E-state index is 0.0274. The van der Waals surface area contributed by atoms with Crippen LogP contribution in [0.3, 0.4) is 0 Å². The Kier molecular flexibility index (Phi) is 19.7. The average Bonchev–Trinajstić information content (AvgIpc) is 3.10. The molecule has 0 amide bonds. The van der Waals surface area contributed by atoms with Crippen molar-refractivity contribution in [1.82, 2.24) is 0 Å². The van der Waals surface area contributed by atoms with Crippen molar-refractivity contribution in [3.8, 4) is 0 Å². The van der Waals surface area contributed by atoms with E-state index in [0.717, 1.165) is 39.0 Å². The lowest BCUT2D eigenvalue weighted by atomic mass is 9.84. The van der Waals surface area contributed by atoms with E-state index in [1.807, 2.05) is 0 Å². The highest BCUT2D eigenvalue weighted by molar-refractivity contribution is 8.77. The summed E-state index contributed by atoms with van der Waals surface area (Å²) in [4.78, 5) is 49.2. The van der Waals surface area contributed by atoms with Crippen LogP contribution in [0.4, 0.5) is 0 Å². The van der Waals surface area contributed by atoms with E-state index in [0.29, 0.717) is 60.3 Å². The Labute approximate surface area is 316 Å². The van der Waals surface area contributed by atoms with Gasteiger partial charge in [-0.2, -0.15) is 0 Å². The van der Waals surface area contributed by atoms with Gasteiger partial charge in [0.05, 0.1) is 81.8 Å². The summed E-state index contributed by atoms with van der Waals surface area (Å²) in [6, 6.07) is -2.00. The molecule has 18 heteroatoms. The maximum atomic E-state index is 13.1. The Morgan fingerprint density at radius 2 is 1.00 bits per heavy atom. The fourth-order valence-corrected chi connectivity index (χ4v) is 10.2. The monoisotopic (exact) mass is 778 g/mol. The number of hydrogen-bond donors (Lipinski definition) is 2. The number of quaternary nitrogens is 2. The Morgan fingerprint density at radius 1 is 0.654 bits per heavy atom. The Bertz CT molecular complexity index is 1120. The number of carbonyl (C=O) groups is 2. The third kappa shape index (κ3) is 16.5. The van der Waals surface area contributed by atoms with Gasteiger partial charge in [-0.05, 0) is 25.7 Å². The van der Waals surface area contributed by atoms with Gasteiger partial charge >= 0.3 is 11.9 Å².